The molecule has 0 bridgehead atoms. The molecule has 5 nitrogen and oxygen atoms in total. The van der Waals surface area contributed by atoms with Crippen LogP contribution < -0.4 is 0 Å². The van der Waals surface area contributed by atoms with E-state index in [9.17, 15) is 9.59 Å². The van der Waals surface area contributed by atoms with Gasteiger partial charge in [0.1, 0.15) is 0 Å². The molecule has 18 heavy (non-hydrogen) atoms. The Bertz CT molecular complexity index is 467. The molecule has 0 atom stereocenters. The average molecular weight is 248 g/mol. The van der Waals surface area contributed by atoms with Crippen molar-refractivity contribution in [2.75, 3.05) is 20.7 Å². The number of ether oxygens (including phenoxy) is 1. The Hall–Kier alpha value is -2.17. The van der Waals surface area contributed by atoms with Crippen LogP contribution in [0.1, 0.15) is 27.8 Å². The second-order valence-electron chi connectivity index (χ2n) is 3.76. The summed E-state index contributed by atoms with van der Waals surface area (Å²) >= 11 is 0. The van der Waals surface area contributed by atoms with Crippen LogP contribution in [-0.2, 0) is 4.74 Å². The summed E-state index contributed by atoms with van der Waals surface area (Å²) in [7, 11) is 3.61. The van der Waals surface area contributed by atoms with Crippen molar-refractivity contribution in [3.05, 3.63) is 41.9 Å². The predicted molar refractivity (Wildman–Crippen MR) is 67.4 cm³/mol. The van der Waals surface area contributed by atoms with Crippen LogP contribution in [0.4, 0.5) is 0 Å². The first-order chi connectivity index (χ1) is 8.56. The van der Waals surface area contributed by atoms with Gasteiger partial charge in [0.25, 0.3) is 0 Å². The third kappa shape index (κ3) is 3.69. The van der Waals surface area contributed by atoms with Gasteiger partial charge in [-0.15, -0.1) is 0 Å². The van der Waals surface area contributed by atoms with Gasteiger partial charge in [0, 0.05) is 32.6 Å². The topological polar surface area (TPSA) is 59.5 Å². The fourth-order valence-electron chi connectivity index (χ4n) is 1.27. The maximum absolute atomic E-state index is 11.9. The Morgan fingerprint density at radius 2 is 2.17 bits per heavy atom. The SMILES string of the molecule is CCOC(=O)c1ncccc1C(=O)/C=C/N(C)C. The summed E-state index contributed by atoms with van der Waals surface area (Å²) < 4.78 is 4.86. The number of pyridine rings is 1. The molecule has 0 spiro atoms. The van der Waals surface area contributed by atoms with Crippen molar-refractivity contribution in [1.82, 2.24) is 9.88 Å². The number of carbonyl (C=O) groups is 2. The quantitative estimate of drug-likeness (QED) is 0.449. The van der Waals surface area contributed by atoms with Gasteiger partial charge in [-0.2, -0.15) is 0 Å². The van der Waals surface area contributed by atoms with Crippen LogP contribution in [0.2, 0.25) is 0 Å². The number of esters is 1. The van der Waals surface area contributed by atoms with Gasteiger partial charge in [0.2, 0.25) is 0 Å². The minimum absolute atomic E-state index is 0.0488. The van der Waals surface area contributed by atoms with E-state index in [0.717, 1.165) is 0 Å². The molecule has 0 aliphatic carbocycles. The number of rotatable bonds is 5. The van der Waals surface area contributed by atoms with Gasteiger partial charge in [0.15, 0.2) is 11.5 Å². The lowest BCUT2D eigenvalue weighted by Crippen LogP contribution is -2.13. The Morgan fingerprint density at radius 1 is 1.44 bits per heavy atom. The molecule has 0 radical (unpaired) electrons. The summed E-state index contributed by atoms with van der Waals surface area (Å²) in [5, 5.41) is 0. The first-order valence-electron chi connectivity index (χ1n) is 5.57. The summed E-state index contributed by atoms with van der Waals surface area (Å²) in [4.78, 5) is 29.2. The van der Waals surface area contributed by atoms with Crippen molar-refractivity contribution in [1.29, 1.82) is 0 Å². The molecule has 0 unspecified atom stereocenters. The second kappa shape index (κ2) is 6.54. The van der Waals surface area contributed by atoms with Crippen molar-refractivity contribution in [2.45, 2.75) is 6.92 Å². The van der Waals surface area contributed by atoms with E-state index in [-0.39, 0.29) is 23.6 Å². The highest BCUT2D eigenvalue weighted by Gasteiger charge is 2.17. The van der Waals surface area contributed by atoms with E-state index in [1.165, 1.54) is 12.3 Å². The van der Waals surface area contributed by atoms with E-state index < -0.39 is 5.97 Å². The molecular weight excluding hydrogens is 232 g/mol. The van der Waals surface area contributed by atoms with Gasteiger partial charge >= 0.3 is 5.97 Å². The van der Waals surface area contributed by atoms with Crippen molar-refractivity contribution < 1.29 is 14.3 Å². The Labute approximate surface area is 106 Å². The van der Waals surface area contributed by atoms with Gasteiger partial charge in [-0.05, 0) is 19.1 Å². The van der Waals surface area contributed by atoms with E-state index in [4.69, 9.17) is 4.74 Å². The zero-order chi connectivity index (χ0) is 13.5. The van der Waals surface area contributed by atoms with Crippen LogP contribution in [0, 0.1) is 0 Å². The summed E-state index contributed by atoms with van der Waals surface area (Å²) in [6.45, 7) is 1.95. The fourth-order valence-corrected chi connectivity index (χ4v) is 1.27. The first-order valence-corrected chi connectivity index (χ1v) is 5.57. The smallest absolute Gasteiger partial charge is 0.357 e. The van der Waals surface area contributed by atoms with E-state index in [1.807, 2.05) is 0 Å². The summed E-state index contributed by atoms with van der Waals surface area (Å²) in [6.07, 6.45) is 4.46. The van der Waals surface area contributed by atoms with Crippen molar-refractivity contribution in [3.63, 3.8) is 0 Å². The minimum Gasteiger partial charge on any atom is -0.461 e. The van der Waals surface area contributed by atoms with Crippen LogP contribution >= 0.6 is 0 Å². The van der Waals surface area contributed by atoms with Crippen LogP contribution in [0.5, 0.6) is 0 Å². The maximum Gasteiger partial charge on any atom is 0.357 e. The Kier molecular flexibility index (Phi) is 5.05. The molecule has 1 rings (SSSR count). The standard InChI is InChI=1S/C13H16N2O3/c1-4-18-13(17)12-10(6-5-8-14-12)11(16)7-9-15(2)3/h5-9H,4H2,1-3H3/b9-7+. The molecule has 0 fully saturated rings. The molecular formula is C13H16N2O3. The molecule has 96 valence electrons. The number of ketones is 1. The molecule has 0 aliphatic heterocycles. The van der Waals surface area contributed by atoms with Gasteiger partial charge in [-0.1, -0.05) is 0 Å². The lowest BCUT2D eigenvalue weighted by molar-refractivity contribution is 0.0516. The zero-order valence-corrected chi connectivity index (χ0v) is 10.7. The molecule has 0 saturated heterocycles. The molecule has 1 heterocycles. The van der Waals surface area contributed by atoms with E-state index in [0.29, 0.717) is 0 Å². The molecule has 0 N–H and O–H groups in total. The van der Waals surface area contributed by atoms with E-state index in [2.05, 4.69) is 4.98 Å². The lowest BCUT2D eigenvalue weighted by Gasteiger charge is -2.06. The van der Waals surface area contributed by atoms with Crippen molar-refractivity contribution in [2.24, 2.45) is 0 Å². The third-order valence-electron chi connectivity index (χ3n) is 2.07. The maximum atomic E-state index is 11.9. The average Bonchev–Trinajstić information content (AvgIpc) is 2.36. The molecule has 1 aromatic rings. The largest absolute Gasteiger partial charge is 0.461 e. The number of hydrogen-bond donors (Lipinski definition) is 0. The van der Waals surface area contributed by atoms with Gasteiger partial charge in [-0.3, -0.25) is 4.79 Å². The second-order valence-corrected chi connectivity index (χ2v) is 3.76. The van der Waals surface area contributed by atoms with E-state index in [1.54, 1.807) is 44.3 Å². The number of nitrogens with zero attached hydrogens (tertiary/aromatic N) is 2. The molecule has 0 aromatic carbocycles. The highest BCUT2D eigenvalue weighted by Crippen LogP contribution is 2.09. The Morgan fingerprint density at radius 3 is 2.78 bits per heavy atom. The molecule has 5 heteroatoms. The molecule has 0 aliphatic rings. The first kappa shape index (κ1) is 13.9. The van der Waals surface area contributed by atoms with Crippen LogP contribution in [-0.4, -0.2) is 42.3 Å². The normalized spacial score (nSPS) is 10.4. The fraction of sp³-hybridized carbons (Fsp3) is 0.308. The zero-order valence-electron chi connectivity index (χ0n) is 10.7. The monoisotopic (exact) mass is 248 g/mol. The highest BCUT2D eigenvalue weighted by atomic mass is 16.5. The van der Waals surface area contributed by atoms with Crippen LogP contribution in [0.3, 0.4) is 0 Å². The van der Waals surface area contributed by atoms with Gasteiger partial charge in [-0.25, -0.2) is 9.78 Å². The molecule has 0 amide bonds. The number of hydrogen-bond acceptors (Lipinski definition) is 5. The predicted octanol–water partition coefficient (Wildman–Crippen LogP) is 1.52. The van der Waals surface area contributed by atoms with Crippen molar-refractivity contribution in [3.8, 4) is 0 Å². The van der Waals surface area contributed by atoms with E-state index >= 15 is 0 Å². The summed E-state index contributed by atoms with van der Waals surface area (Å²) in [6, 6.07) is 3.17. The Balaban J connectivity index is 3.02. The van der Waals surface area contributed by atoms with Crippen LogP contribution in [0.15, 0.2) is 30.6 Å². The summed E-state index contributed by atoms with van der Waals surface area (Å²) in [5.41, 5.74) is 0.293. The molecule has 1 aromatic heterocycles. The minimum atomic E-state index is -0.584. The third-order valence-corrected chi connectivity index (χ3v) is 2.07. The van der Waals surface area contributed by atoms with Gasteiger partial charge < -0.3 is 9.64 Å². The van der Waals surface area contributed by atoms with Crippen molar-refractivity contribution >= 4 is 11.8 Å². The highest BCUT2D eigenvalue weighted by molar-refractivity contribution is 6.10. The summed E-state index contributed by atoms with van der Waals surface area (Å²) in [5.74, 6) is -0.862. The van der Waals surface area contributed by atoms with Crippen LogP contribution in [0.25, 0.3) is 0 Å². The number of carbonyl (C=O) groups excluding carboxylic acids is 2. The molecule has 0 saturated carbocycles. The number of allylic oxidation sites excluding steroid dienone is 1. The number of aromatic nitrogens is 1. The lowest BCUT2D eigenvalue weighted by atomic mass is 10.1. The van der Waals surface area contributed by atoms with Gasteiger partial charge in [0.05, 0.1) is 12.2 Å².